The lowest BCUT2D eigenvalue weighted by Gasteiger charge is -2.18. The molecular weight excluding hydrogens is 340 g/mol. The standard InChI is InChI=1S/C17H28N4OS2/c1-4-6-8-13(5-2)12-18-16(23)20-21-17(24)19-14-9-7-10-15(11-14)22-3/h7,9-11,13H,4-6,8,12H2,1-3H3,(H2,18,20,23)(H2,19,21,24)/t13-/m0/s1. The molecule has 0 saturated heterocycles. The van der Waals surface area contributed by atoms with Gasteiger partial charge in [0.15, 0.2) is 10.2 Å². The van der Waals surface area contributed by atoms with Crippen LogP contribution in [-0.2, 0) is 0 Å². The lowest BCUT2D eigenvalue weighted by atomic mass is 9.99. The molecule has 0 amide bonds. The second-order valence-electron chi connectivity index (χ2n) is 5.56. The Morgan fingerprint density at radius 2 is 1.92 bits per heavy atom. The molecule has 24 heavy (non-hydrogen) atoms. The minimum Gasteiger partial charge on any atom is -0.497 e. The minimum absolute atomic E-state index is 0.436. The van der Waals surface area contributed by atoms with Gasteiger partial charge in [0, 0.05) is 18.3 Å². The van der Waals surface area contributed by atoms with Gasteiger partial charge in [-0.05, 0) is 48.9 Å². The number of ether oxygens (including phenoxy) is 1. The van der Waals surface area contributed by atoms with Gasteiger partial charge in [-0.25, -0.2) is 0 Å². The first-order chi connectivity index (χ1) is 11.6. The Labute approximate surface area is 155 Å². The highest BCUT2D eigenvalue weighted by Crippen LogP contribution is 2.16. The molecule has 1 atom stereocenters. The van der Waals surface area contributed by atoms with Crippen LogP contribution in [0.1, 0.15) is 39.5 Å². The van der Waals surface area contributed by atoms with Gasteiger partial charge in [-0.15, -0.1) is 0 Å². The Kier molecular flexibility index (Phi) is 10.1. The number of nitrogens with one attached hydrogen (secondary N) is 4. The third-order valence-corrected chi connectivity index (χ3v) is 4.16. The molecule has 4 N–H and O–H groups in total. The lowest BCUT2D eigenvalue weighted by molar-refractivity contribution is 0.415. The molecule has 0 fully saturated rings. The van der Waals surface area contributed by atoms with E-state index < -0.39 is 0 Å². The number of thiocarbonyl (C=S) groups is 2. The molecule has 1 aromatic carbocycles. The van der Waals surface area contributed by atoms with Crippen molar-refractivity contribution in [3.8, 4) is 5.75 Å². The second kappa shape index (κ2) is 11.9. The fourth-order valence-corrected chi connectivity index (χ4v) is 2.50. The number of hydrogen-bond donors (Lipinski definition) is 4. The van der Waals surface area contributed by atoms with Crippen molar-refractivity contribution in [1.29, 1.82) is 0 Å². The van der Waals surface area contributed by atoms with Gasteiger partial charge in [-0.1, -0.05) is 39.2 Å². The Morgan fingerprint density at radius 1 is 1.17 bits per heavy atom. The van der Waals surface area contributed by atoms with Crippen molar-refractivity contribution in [3.63, 3.8) is 0 Å². The van der Waals surface area contributed by atoms with Crippen molar-refractivity contribution < 1.29 is 4.74 Å². The molecule has 0 saturated carbocycles. The lowest BCUT2D eigenvalue weighted by Crippen LogP contribution is -2.49. The van der Waals surface area contributed by atoms with E-state index in [1.54, 1.807) is 7.11 Å². The quantitative estimate of drug-likeness (QED) is 0.413. The van der Waals surface area contributed by atoms with Crippen LogP contribution in [0.25, 0.3) is 0 Å². The van der Waals surface area contributed by atoms with Crippen LogP contribution in [0.2, 0.25) is 0 Å². The average molecular weight is 369 g/mol. The minimum atomic E-state index is 0.436. The molecule has 0 aliphatic carbocycles. The molecule has 0 spiro atoms. The number of rotatable bonds is 8. The summed E-state index contributed by atoms with van der Waals surface area (Å²) in [5, 5.41) is 7.27. The average Bonchev–Trinajstić information content (AvgIpc) is 2.60. The van der Waals surface area contributed by atoms with E-state index in [-0.39, 0.29) is 0 Å². The third-order valence-electron chi connectivity index (χ3n) is 3.71. The smallest absolute Gasteiger partial charge is 0.189 e. The number of hydrazine groups is 1. The van der Waals surface area contributed by atoms with Gasteiger partial charge >= 0.3 is 0 Å². The normalized spacial score (nSPS) is 11.3. The van der Waals surface area contributed by atoms with Gasteiger partial charge in [0.2, 0.25) is 0 Å². The van der Waals surface area contributed by atoms with Crippen LogP contribution in [0.4, 0.5) is 5.69 Å². The molecule has 0 aromatic heterocycles. The molecule has 0 aliphatic rings. The zero-order valence-electron chi connectivity index (χ0n) is 14.6. The molecular formula is C17H28N4OS2. The van der Waals surface area contributed by atoms with Crippen LogP contribution in [0.15, 0.2) is 24.3 Å². The summed E-state index contributed by atoms with van der Waals surface area (Å²) >= 11 is 10.5. The van der Waals surface area contributed by atoms with E-state index in [0.717, 1.165) is 24.4 Å². The van der Waals surface area contributed by atoms with Gasteiger partial charge in [0.05, 0.1) is 7.11 Å². The summed E-state index contributed by atoms with van der Waals surface area (Å²) in [6, 6.07) is 7.54. The van der Waals surface area contributed by atoms with Crippen LogP contribution in [0.5, 0.6) is 5.75 Å². The van der Waals surface area contributed by atoms with E-state index in [2.05, 4.69) is 35.3 Å². The fraction of sp³-hybridized carbons (Fsp3) is 0.529. The predicted molar refractivity (Wildman–Crippen MR) is 109 cm³/mol. The molecule has 0 radical (unpaired) electrons. The van der Waals surface area contributed by atoms with E-state index >= 15 is 0 Å². The maximum atomic E-state index is 5.26. The first kappa shape index (κ1) is 20.4. The first-order valence-electron chi connectivity index (χ1n) is 8.33. The van der Waals surface area contributed by atoms with Gasteiger partial charge in [-0.3, -0.25) is 10.9 Å². The molecule has 0 heterocycles. The van der Waals surface area contributed by atoms with Crippen molar-refractivity contribution in [1.82, 2.24) is 16.2 Å². The maximum Gasteiger partial charge on any atom is 0.189 e. The summed E-state index contributed by atoms with van der Waals surface area (Å²) in [7, 11) is 1.63. The molecule has 134 valence electrons. The Bertz CT molecular complexity index is 525. The van der Waals surface area contributed by atoms with Crippen LogP contribution < -0.4 is 26.2 Å². The zero-order valence-corrected chi connectivity index (χ0v) is 16.3. The Balaban J connectivity index is 2.29. The number of hydrogen-bond acceptors (Lipinski definition) is 3. The molecule has 5 nitrogen and oxygen atoms in total. The van der Waals surface area contributed by atoms with E-state index in [9.17, 15) is 0 Å². The Hall–Kier alpha value is -1.60. The molecule has 7 heteroatoms. The van der Waals surface area contributed by atoms with Crippen molar-refractivity contribution in [2.24, 2.45) is 5.92 Å². The number of methoxy groups -OCH3 is 1. The van der Waals surface area contributed by atoms with Gasteiger partial charge in [0.25, 0.3) is 0 Å². The van der Waals surface area contributed by atoms with Gasteiger partial charge < -0.3 is 15.4 Å². The van der Waals surface area contributed by atoms with E-state index in [1.165, 1.54) is 19.3 Å². The Morgan fingerprint density at radius 3 is 2.58 bits per heavy atom. The van der Waals surface area contributed by atoms with E-state index in [0.29, 0.717) is 16.1 Å². The van der Waals surface area contributed by atoms with Crippen molar-refractivity contribution in [2.45, 2.75) is 39.5 Å². The molecule has 0 aliphatic heterocycles. The second-order valence-corrected chi connectivity index (χ2v) is 6.38. The van der Waals surface area contributed by atoms with E-state index in [1.807, 2.05) is 24.3 Å². The summed E-state index contributed by atoms with van der Waals surface area (Å²) in [6.07, 6.45) is 4.86. The summed E-state index contributed by atoms with van der Waals surface area (Å²) in [6.45, 7) is 5.30. The highest BCUT2D eigenvalue weighted by atomic mass is 32.1. The number of benzene rings is 1. The predicted octanol–water partition coefficient (Wildman–Crippen LogP) is 3.58. The number of anilines is 1. The van der Waals surface area contributed by atoms with Crippen LogP contribution >= 0.6 is 24.4 Å². The molecule has 0 unspecified atom stereocenters. The fourth-order valence-electron chi connectivity index (χ4n) is 2.20. The van der Waals surface area contributed by atoms with E-state index in [4.69, 9.17) is 29.2 Å². The first-order valence-corrected chi connectivity index (χ1v) is 9.15. The monoisotopic (exact) mass is 368 g/mol. The molecule has 1 rings (SSSR count). The maximum absolute atomic E-state index is 5.26. The summed E-state index contributed by atoms with van der Waals surface area (Å²) in [5.74, 6) is 1.41. The highest BCUT2D eigenvalue weighted by molar-refractivity contribution is 7.80. The molecule has 1 aromatic rings. The highest BCUT2D eigenvalue weighted by Gasteiger charge is 2.06. The van der Waals surface area contributed by atoms with Crippen LogP contribution in [0, 0.1) is 5.92 Å². The summed E-state index contributed by atoms with van der Waals surface area (Å²) in [5.41, 5.74) is 6.63. The van der Waals surface area contributed by atoms with Gasteiger partial charge in [0.1, 0.15) is 5.75 Å². The van der Waals surface area contributed by atoms with Crippen molar-refractivity contribution in [2.75, 3.05) is 19.0 Å². The number of unbranched alkanes of at least 4 members (excludes halogenated alkanes) is 1. The van der Waals surface area contributed by atoms with Crippen LogP contribution in [-0.4, -0.2) is 23.9 Å². The van der Waals surface area contributed by atoms with Crippen molar-refractivity contribution >= 4 is 40.3 Å². The summed E-state index contributed by atoms with van der Waals surface area (Å²) in [4.78, 5) is 0. The van der Waals surface area contributed by atoms with Crippen molar-refractivity contribution in [3.05, 3.63) is 24.3 Å². The third kappa shape index (κ3) is 8.31. The SMILES string of the molecule is CCCC[C@H](CC)CNC(=S)NNC(=S)Nc1cccc(OC)c1. The largest absolute Gasteiger partial charge is 0.497 e. The molecule has 0 bridgehead atoms. The van der Waals surface area contributed by atoms with Gasteiger partial charge in [-0.2, -0.15) is 0 Å². The summed E-state index contributed by atoms with van der Waals surface area (Å²) < 4.78 is 5.18. The topological polar surface area (TPSA) is 57.3 Å². The van der Waals surface area contributed by atoms with Crippen LogP contribution in [0.3, 0.4) is 0 Å². The zero-order chi connectivity index (χ0) is 17.8.